The number of nitrogens with two attached hydrogens (primary N) is 2. The Hall–Kier alpha value is -0.610. The Bertz CT molecular complexity index is 150. The number of carbonyl (C=O) groups excluding carboxylic acids is 1. The van der Waals surface area contributed by atoms with E-state index in [1.54, 1.807) is 0 Å². The molecule has 0 aliphatic rings. The Morgan fingerprint density at radius 3 is 2.36 bits per heavy atom. The first-order valence-electron chi connectivity index (χ1n) is 5.39. The van der Waals surface area contributed by atoms with Crippen molar-refractivity contribution in [3.05, 3.63) is 0 Å². The van der Waals surface area contributed by atoms with Crippen molar-refractivity contribution in [3.8, 4) is 0 Å². The molecule has 0 saturated heterocycles. The number of hydrogen-bond acceptors (Lipinski definition) is 3. The van der Waals surface area contributed by atoms with Gasteiger partial charge in [-0.3, -0.25) is 4.79 Å². The zero-order chi connectivity index (χ0) is 10.8. The maximum atomic E-state index is 10.6. The Kier molecular flexibility index (Phi) is 8.57. The average Bonchev–Trinajstić information content (AvgIpc) is 2.10. The quantitative estimate of drug-likeness (QED) is 0.399. The van der Waals surface area contributed by atoms with Crippen LogP contribution in [0.1, 0.15) is 45.4 Å². The summed E-state index contributed by atoms with van der Waals surface area (Å²) in [5.41, 5.74) is 11.0. The topological polar surface area (TPSA) is 81.1 Å². The molecule has 4 heteroatoms. The summed E-state index contributed by atoms with van der Waals surface area (Å²) < 4.78 is 0. The molecule has 0 heterocycles. The Morgan fingerprint density at radius 2 is 1.79 bits per heavy atom. The highest BCUT2D eigenvalue weighted by Crippen LogP contribution is 2.05. The molecule has 0 spiro atoms. The number of nitrogens with one attached hydrogen (secondary N) is 1. The summed E-state index contributed by atoms with van der Waals surface area (Å²) in [5, 5.41) is 2.66. The van der Waals surface area contributed by atoms with Crippen LogP contribution in [0.3, 0.4) is 0 Å². The van der Waals surface area contributed by atoms with Gasteiger partial charge in [-0.25, -0.2) is 0 Å². The van der Waals surface area contributed by atoms with E-state index in [4.69, 9.17) is 11.5 Å². The Labute approximate surface area is 86.4 Å². The van der Waals surface area contributed by atoms with Crippen molar-refractivity contribution in [1.29, 1.82) is 0 Å². The molecule has 0 rings (SSSR count). The molecule has 0 radical (unpaired) electrons. The summed E-state index contributed by atoms with van der Waals surface area (Å²) >= 11 is 0. The number of hydrogen-bond donors (Lipinski definition) is 3. The summed E-state index contributed by atoms with van der Waals surface area (Å²) in [6.07, 6.45) is 6.46. The van der Waals surface area contributed by atoms with Crippen LogP contribution in [0.4, 0.5) is 0 Å². The van der Waals surface area contributed by atoms with Crippen molar-refractivity contribution < 1.29 is 4.79 Å². The molecule has 1 atom stereocenters. The van der Waals surface area contributed by atoms with Crippen LogP contribution in [-0.2, 0) is 4.79 Å². The molecule has 0 aliphatic heterocycles. The van der Waals surface area contributed by atoms with Gasteiger partial charge in [-0.05, 0) is 19.4 Å². The Morgan fingerprint density at radius 1 is 1.21 bits per heavy atom. The van der Waals surface area contributed by atoms with E-state index in [9.17, 15) is 4.79 Å². The fourth-order valence-electron chi connectivity index (χ4n) is 1.37. The molecule has 1 unspecified atom stereocenters. The molecule has 14 heavy (non-hydrogen) atoms. The predicted molar refractivity (Wildman–Crippen MR) is 58.5 cm³/mol. The molecule has 5 N–H and O–H groups in total. The third kappa shape index (κ3) is 9.48. The van der Waals surface area contributed by atoms with Crippen molar-refractivity contribution in [3.63, 3.8) is 0 Å². The molecular weight excluding hydrogens is 178 g/mol. The lowest BCUT2D eigenvalue weighted by molar-refractivity contribution is -0.119. The zero-order valence-electron chi connectivity index (χ0n) is 9.09. The summed E-state index contributed by atoms with van der Waals surface area (Å²) in [4.78, 5) is 10.6. The first-order valence-corrected chi connectivity index (χ1v) is 5.39. The van der Waals surface area contributed by atoms with Gasteiger partial charge < -0.3 is 16.8 Å². The van der Waals surface area contributed by atoms with Crippen molar-refractivity contribution in [1.82, 2.24) is 5.32 Å². The number of amides is 1. The first kappa shape index (κ1) is 13.4. The molecular formula is C10H23N3O. The van der Waals surface area contributed by atoms with Gasteiger partial charge in [0.1, 0.15) is 0 Å². The normalized spacial score (nSPS) is 12.5. The predicted octanol–water partition coefficient (Wildman–Crippen LogP) is 0.707. The minimum atomic E-state index is -0.179. The van der Waals surface area contributed by atoms with Gasteiger partial charge in [-0.1, -0.05) is 25.7 Å². The van der Waals surface area contributed by atoms with Crippen LogP contribution < -0.4 is 16.8 Å². The summed E-state index contributed by atoms with van der Waals surface area (Å²) in [6.45, 7) is 2.27. The van der Waals surface area contributed by atoms with Gasteiger partial charge >= 0.3 is 0 Å². The van der Waals surface area contributed by atoms with E-state index in [1.807, 2.05) is 0 Å². The van der Waals surface area contributed by atoms with Crippen molar-refractivity contribution in [2.45, 2.75) is 51.6 Å². The van der Waals surface area contributed by atoms with Crippen molar-refractivity contribution >= 4 is 5.91 Å². The molecule has 0 aliphatic carbocycles. The van der Waals surface area contributed by atoms with Crippen LogP contribution in [0.15, 0.2) is 0 Å². The summed E-state index contributed by atoms with van der Waals surface area (Å²) in [6, 6.07) is 0. The van der Waals surface area contributed by atoms with E-state index in [1.165, 1.54) is 26.2 Å². The number of unbranched alkanes of at least 4 members (excludes halogenated alkanes) is 4. The van der Waals surface area contributed by atoms with Crippen molar-refractivity contribution in [2.75, 3.05) is 6.54 Å². The standard InChI is InChI=1S/C10H23N3O/c1-9(14)13-10(12)7-5-3-2-4-6-8-11/h10H,2-8,11-12H2,1H3,(H,13,14). The van der Waals surface area contributed by atoms with E-state index in [0.29, 0.717) is 0 Å². The van der Waals surface area contributed by atoms with Crippen LogP contribution >= 0.6 is 0 Å². The molecule has 0 fully saturated rings. The van der Waals surface area contributed by atoms with E-state index < -0.39 is 0 Å². The van der Waals surface area contributed by atoms with Gasteiger partial charge in [-0.2, -0.15) is 0 Å². The zero-order valence-corrected chi connectivity index (χ0v) is 9.09. The first-order chi connectivity index (χ1) is 6.66. The fourth-order valence-corrected chi connectivity index (χ4v) is 1.37. The average molecular weight is 201 g/mol. The summed E-state index contributed by atoms with van der Waals surface area (Å²) in [7, 11) is 0. The van der Waals surface area contributed by atoms with Gasteiger partial charge in [0, 0.05) is 6.92 Å². The maximum Gasteiger partial charge on any atom is 0.218 e. The molecule has 0 bridgehead atoms. The minimum absolute atomic E-state index is 0.0550. The van der Waals surface area contributed by atoms with Gasteiger partial charge in [0.25, 0.3) is 0 Å². The highest BCUT2D eigenvalue weighted by Gasteiger charge is 2.02. The van der Waals surface area contributed by atoms with E-state index in [-0.39, 0.29) is 12.1 Å². The van der Waals surface area contributed by atoms with Crippen LogP contribution in [0.5, 0.6) is 0 Å². The lowest BCUT2D eigenvalue weighted by Gasteiger charge is -2.11. The third-order valence-corrected chi connectivity index (χ3v) is 2.11. The second-order valence-electron chi connectivity index (χ2n) is 3.65. The van der Waals surface area contributed by atoms with E-state index in [0.717, 1.165) is 25.8 Å². The summed E-state index contributed by atoms with van der Waals surface area (Å²) in [5.74, 6) is -0.0550. The molecule has 0 aromatic rings. The highest BCUT2D eigenvalue weighted by molar-refractivity contribution is 5.73. The lowest BCUT2D eigenvalue weighted by Crippen LogP contribution is -2.40. The molecule has 0 aromatic heterocycles. The van der Waals surface area contributed by atoms with Crippen LogP contribution in [0, 0.1) is 0 Å². The number of rotatable bonds is 8. The molecule has 1 amide bonds. The third-order valence-electron chi connectivity index (χ3n) is 2.11. The Balaban J connectivity index is 3.14. The van der Waals surface area contributed by atoms with Gasteiger partial charge in [0.2, 0.25) is 5.91 Å². The van der Waals surface area contributed by atoms with Crippen molar-refractivity contribution in [2.24, 2.45) is 11.5 Å². The molecule has 4 nitrogen and oxygen atoms in total. The molecule has 84 valence electrons. The smallest absolute Gasteiger partial charge is 0.218 e. The maximum absolute atomic E-state index is 10.6. The second kappa shape index (κ2) is 8.97. The highest BCUT2D eigenvalue weighted by atomic mass is 16.1. The van der Waals surface area contributed by atoms with Crippen LogP contribution in [0.2, 0.25) is 0 Å². The lowest BCUT2D eigenvalue weighted by atomic mass is 10.1. The monoisotopic (exact) mass is 201 g/mol. The van der Waals surface area contributed by atoms with Gasteiger partial charge in [0.05, 0.1) is 6.17 Å². The van der Waals surface area contributed by atoms with E-state index >= 15 is 0 Å². The largest absolute Gasteiger partial charge is 0.341 e. The van der Waals surface area contributed by atoms with Gasteiger partial charge in [-0.15, -0.1) is 0 Å². The van der Waals surface area contributed by atoms with E-state index in [2.05, 4.69) is 5.32 Å². The molecule has 0 aromatic carbocycles. The fraction of sp³-hybridized carbons (Fsp3) is 0.900. The number of carbonyl (C=O) groups is 1. The van der Waals surface area contributed by atoms with Crippen LogP contribution in [0.25, 0.3) is 0 Å². The second-order valence-corrected chi connectivity index (χ2v) is 3.65. The van der Waals surface area contributed by atoms with Crippen LogP contribution in [-0.4, -0.2) is 18.6 Å². The van der Waals surface area contributed by atoms with Gasteiger partial charge in [0.15, 0.2) is 0 Å². The molecule has 0 saturated carbocycles. The SMILES string of the molecule is CC(=O)NC(N)CCCCCCCN. The minimum Gasteiger partial charge on any atom is -0.341 e.